The van der Waals surface area contributed by atoms with E-state index in [0.717, 1.165) is 41.8 Å². The summed E-state index contributed by atoms with van der Waals surface area (Å²) in [5.74, 6) is 0.126. The minimum absolute atomic E-state index is 0.0549. The van der Waals surface area contributed by atoms with Gasteiger partial charge in [0.2, 0.25) is 0 Å². The van der Waals surface area contributed by atoms with Crippen LogP contribution in [-0.4, -0.2) is 56.5 Å². The van der Waals surface area contributed by atoms with Gasteiger partial charge in [-0.1, -0.05) is 59.6 Å². The second kappa shape index (κ2) is 10.1. The molecule has 0 radical (unpaired) electrons. The molecule has 5 nitrogen and oxygen atoms in total. The fraction of sp³-hybridized carbons (Fsp3) is 0.357. The van der Waals surface area contributed by atoms with E-state index < -0.39 is 15.4 Å². The molecule has 2 aliphatic heterocycles. The zero-order valence-corrected chi connectivity index (χ0v) is 22.5. The molecule has 3 aromatic rings. The average molecular weight is 546 g/mol. The van der Waals surface area contributed by atoms with Crippen molar-refractivity contribution in [3.63, 3.8) is 0 Å². The summed E-state index contributed by atoms with van der Waals surface area (Å²) < 4.78 is 25.2. The normalized spacial score (nSPS) is 20.0. The first-order valence-electron chi connectivity index (χ1n) is 12.1. The van der Waals surface area contributed by atoms with Gasteiger partial charge >= 0.3 is 0 Å². The van der Waals surface area contributed by atoms with Crippen molar-refractivity contribution < 1.29 is 13.5 Å². The van der Waals surface area contributed by atoms with Crippen LogP contribution in [0.25, 0.3) is 0 Å². The van der Waals surface area contributed by atoms with Crippen molar-refractivity contribution in [2.45, 2.75) is 35.3 Å². The molecule has 0 aliphatic carbocycles. The van der Waals surface area contributed by atoms with Gasteiger partial charge in [-0.25, -0.2) is 8.42 Å². The number of hydrogen-bond donors (Lipinski definition) is 2. The Morgan fingerprint density at radius 2 is 1.58 bits per heavy atom. The number of nitrogens with zero attached hydrogens (tertiary/aromatic N) is 1. The topological polar surface area (TPSA) is 69.6 Å². The molecule has 190 valence electrons. The monoisotopic (exact) mass is 544 g/mol. The Bertz CT molecular complexity index is 1290. The van der Waals surface area contributed by atoms with Gasteiger partial charge in [0.1, 0.15) is 0 Å². The van der Waals surface area contributed by atoms with Crippen LogP contribution in [0.3, 0.4) is 0 Å². The summed E-state index contributed by atoms with van der Waals surface area (Å²) in [6, 6.07) is 21.0. The highest BCUT2D eigenvalue weighted by atomic mass is 35.5. The maximum absolute atomic E-state index is 12.6. The standard InChI is InChI=1S/C28H30Cl2N2O3S/c1-36(34,35)25-4-2-3-21(26(25)22-13-14-31-16-22)15-28(33)17-32(18-28)27(19-5-9-23(29)10-6-19)20-7-11-24(30)12-8-20/h2-12,22,27,31,33H,13-18H2,1H3. The second-order valence-electron chi connectivity index (χ2n) is 10.1. The molecule has 2 saturated heterocycles. The predicted molar refractivity (Wildman–Crippen MR) is 145 cm³/mol. The highest BCUT2D eigenvalue weighted by Crippen LogP contribution is 2.40. The molecule has 1 unspecified atom stereocenters. The molecule has 0 aromatic heterocycles. The summed E-state index contributed by atoms with van der Waals surface area (Å²) in [6.07, 6.45) is 2.56. The van der Waals surface area contributed by atoms with E-state index >= 15 is 0 Å². The van der Waals surface area contributed by atoms with Gasteiger partial charge in [0, 0.05) is 42.4 Å². The average Bonchev–Trinajstić information content (AvgIpc) is 3.34. The van der Waals surface area contributed by atoms with Crippen molar-refractivity contribution in [2.24, 2.45) is 0 Å². The number of hydrogen-bond acceptors (Lipinski definition) is 5. The van der Waals surface area contributed by atoms with E-state index in [9.17, 15) is 13.5 Å². The summed E-state index contributed by atoms with van der Waals surface area (Å²) >= 11 is 12.3. The molecule has 0 saturated carbocycles. The Kier molecular flexibility index (Phi) is 7.20. The fourth-order valence-corrected chi connectivity index (χ4v) is 6.97. The van der Waals surface area contributed by atoms with Crippen LogP contribution in [0.5, 0.6) is 0 Å². The minimum Gasteiger partial charge on any atom is -0.387 e. The third-order valence-corrected chi connectivity index (χ3v) is 8.93. The lowest BCUT2D eigenvalue weighted by Gasteiger charge is -2.51. The van der Waals surface area contributed by atoms with Crippen molar-refractivity contribution >= 4 is 33.0 Å². The molecule has 0 spiro atoms. The van der Waals surface area contributed by atoms with Gasteiger partial charge in [-0.2, -0.15) is 0 Å². The van der Waals surface area contributed by atoms with E-state index in [0.29, 0.717) is 34.5 Å². The number of nitrogens with one attached hydrogen (secondary N) is 1. The van der Waals surface area contributed by atoms with Crippen molar-refractivity contribution in [2.75, 3.05) is 32.4 Å². The minimum atomic E-state index is -3.38. The second-order valence-corrected chi connectivity index (χ2v) is 13.0. The molecule has 2 N–H and O–H groups in total. The van der Waals surface area contributed by atoms with E-state index in [1.54, 1.807) is 12.1 Å². The van der Waals surface area contributed by atoms with Crippen molar-refractivity contribution in [3.05, 3.63) is 99.0 Å². The molecule has 2 aliphatic rings. The first-order valence-corrected chi connectivity index (χ1v) is 14.8. The van der Waals surface area contributed by atoms with Crippen molar-refractivity contribution in [1.29, 1.82) is 0 Å². The van der Waals surface area contributed by atoms with Crippen LogP contribution in [-0.2, 0) is 16.3 Å². The van der Waals surface area contributed by atoms with Crippen LogP contribution in [0.1, 0.15) is 40.6 Å². The SMILES string of the molecule is CS(=O)(=O)c1cccc(CC2(O)CN(C(c3ccc(Cl)cc3)c3ccc(Cl)cc3)C2)c1C1CCNC1. The van der Waals surface area contributed by atoms with Crippen molar-refractivity contribution in [1.82, 2.24) is 10.2 Å². The van der Waals surface area contributed by atoms with Crippen LogP contribution in [0.15, 0.2) is 71.6 Å². The van der Waals surface area contributed by atoms with Gasteiger partial charge in [0.15, 0.2) is 9.84 Å². The van der Waals surface area contributed by atoms with Gasteiger partial charge in [-0.3, -0.25) is 4.90 Å². The van der Waals surface area contributed by atoms with Gasteiger partial charge in [-0.15, -0.1) is 0 Å². The Hall–Kier alpha value is -1.93. The quantitative estimate of drug-likeness (QED) is 0.444. The molecule has 2 fully saturated rings. The molecule has 3 aromatic carbocycles. The first-order chi connectivity index (χ1) is 17.1. The van der Waals surface area contributed by atoms with E-state index in [2.05, 4.69) is 10.2 Å². The van der Waals surface area contributed by atoms with E-state index in [4.69, 9.17) is 23.2 Å². The van der Waals surface area contributed by atoms with Crippen LogP contribution < -0.4 is 5.32 Å². The predicted octanol–water partition coefficient (Wildman–Crippen LogP) is 4.85. The van der Waals surface area contributed by atoms with Gasteiger partial charge in [0.25, 0.3) is 0 Å². The molecule has 0 bridgehead atoms. The van der Waals surface area contributed by atoms with Crippen molar-refractivity contribution in [3.8, 4) is 0 Å². The Morgan fingerprint density at radius 3 is 2.08 bits per heavy atom. The lowest BCUT2D eigenvalue weighted by Crippen LogP contribution is -2.63. The number of β-amino-alcohol motifs (C(OH)–C–C–N with tert-alkyl or cyclic N) is 1. The molecule has 5 rings (SSSR count). The van der Waals surface area contributed by atoms with Gasteiger partial charge < -0.3 is 10.4 Å². The van der Waals surface area contributed by atoms with Crippen LogP contribution in [0, 0.1) is 0 Å². The number of halogens is 2. The third kappa shape index (κ3) is 5.35. The van der Waals surface area contributed by atoms with Crippen LogP contribution >= 0.6 is 23.2 Å². The summed E-state index contributed by atoms with van der Waals surface area (Å²) in [4.78, 5) is 2.62. The van der Waals surface area contributed by atoms with E-state index in [-0.39, 0.29) is 12.0 Å². The largest absolute Gasteiger partial charge is 0.387 e. The third-order valence-electron chi connectivity index (χ3n) is 7.28. The molecule has 1 atom stereocenters. The zero-order valence-electron chi connectivity index (χ0n) is 20.1. The number of sulfone groups is 1. The maximum atomic E-state index is 12.6. The Morgan fingerprint density at radius 1 is 1.00 bits per heavy atom. The molecule has 36 heavy (non-hydrogen) atoms. The van der Waals surface area contributed by atoms with E-state index in [1.807, 2.05) is 54.6 Å². The Balaban J connectivity index is 1.43. The van der Waals surface area contributed by atoms with Crippen LogP contribution in [0.2, 0.25) is 10.0 Å². The highest BCUT2D eigenvalue weighted by molar-refractivity contribution is 7.90. The zero-order chi connectivity index (χ0) is 25.5. The highest BCUT2D eigenvalue weighted by Gasteiger charge is 2.45. The fourth-order valence-electron chi connectivity index (χ4n) is 5.69. The van der Waals surface area contributed by atoms with Gasteiger partial charge in [-0.05, 0) is 71.5 Å². The number of benzene rings is 3. The summed E-state index contributed by atoms with van der Waals surface area (Å²) in [5, 5.41) is 16.3. The van der Waals surface area contributed by atoms with Gasteiger partial charge in [0.05, 0.1) is 16.5 Å². The lowest BCUT2D eigenvalue weighted by molar-refractivity contribution is -0.109. The number of likely N-dealkylation sites (tertiary alicyclic amines) is 1. The van der Waals surface area contributed by atoms with Crippen LogP contribution in [0.4, 0.5) is 0 Å². The summed E-state index contributed by atoms with van der Waals surface area (Å²) in [7, 11) is -3.38. The smallest absolute Gasteiger partial charge is 0.175 e. The number of aliphatic hydroxyl groups is 1. The number of rotatable bonds is 7. The summed E-state index contributed by atoms with van der Waals surface area (Å²) in [6.45, 7) is 2.55. The summed E-state index contributed by atoms with van der Waals surface area (Å²) in [5.41, 5.74) is 3.00. The van der Waals surface area contributed by atoms with E-state index in [1.165, 1.54) is 6.26 Å². The lowest BCUT2D eigenvalue weighted by atomic mass is 9.80. The molecule has 8 heteroatoms. The molecule has 2 heterocycles. The first kappa shape index (κ1) is 25.7. The Labute approximate surface area is 223 Å². The molecular formula is C28H30Cl2N2O3S. The maximum Gasteiger partial charge on any atom is 0.175 e. The molecule has 0 amide bonds. The molecular weight excluding hydrogens is 515 g/mol.